The number of nitrogens with one attached hydrogen (secondary N) is 2. The number of nitriles is 1. The van der Waals surface area contributed by atoms with Gasteiger partial charge in [-0.1, -0.05) is 13.0 Å². The molecule has 1 aliphatic rings. The van der Waals surface area contributed by atoms with Gasteiger partial charge in [-0.3, -0.25) is 14.5 Å². The summed E-state index contributed by atoms with van der Waals surface area (Å²) in [6.45, 7) is 3.74. The van der Waals surface area contributed by atoms with Crippen molar-refractivity contribution in [2.75, 3.05) is 22.1 Å². The maximum Gasteiger partial charge on any atom is 0.248 e. The van der Waals surface area contributed by atoms with Gasteiger partial charge in [0.25, 0.3) is 0 Å². The van der Waals surface area contributed by atoms with E-state index in [9.17, 15) is 14.9 Å². The van der Waals surface area contributed by atoms with E-state index >= 15 is 0 Å². The third-order valence-electron chi connectivity index (χ3n) is 4.59. The SMILES string of the molecule is CCC1(C#N)CCN(c2ccnc(Nc3cccc(NC(C)=O)c3)n2)C1=O. The fourth-order valence-electron chi connectivity index (χ4n) is 3.07. The highest BCUT2D eigenvalue weighted by molar-refractivity contribution is 6.01. The molecule has 2 aromatic rings. The molecule has 0 radical (unpaired) electrons. The molecule has 138 valence electrons. The summed E-state index contributed by atoms with van der Waals surface area (Å²) in [6.07, 6.45) is 2.53. The summed E-state index contributed by atoms with van der Waals surface area (Å²) in [6, 6.07) is 11.0. The molecule has 0 bridgehead atoms. The molecule has 3 rings (SSSR count). The zero-order chi connectivity index (χ0) is 19.4. The number of rotatable bonds is 5. The summed E-state index contributed by atoms with van der Waals surface area (Å²) < 4.78 is 0. The number of hydrogen-bond acceptors (Lipinski definition) is 6. The highest BCUT2D eigenvalue weighted by Crippen LogP contribution is 2.36. The Bertz CT molecular complexity index is 922. The van der Waals surface area contributed by atoms with E-state index in [1.807, 2.05) is 13.0 Å². The zero-order valence-electron chi connectivity index (χ0n) is 15.2. The first kappa shape index (κ1) is 18.3. The number of amides is 2. The summed E-state index contributed by atoms with van der Waals surface area (Å²) in [4.78, 5) is 34.0. The molecule has 0 saturated carbocycles. The van der Waals surface area contributed by atoms with Crippen LogP contribution in [0, 0.1) is 16.7 Å². The molecule has 2 amide bonds. The molecule has 1 unspecified atom stereocenters. The van der Waals surface area contributed by atoms with Crippen LogP contribution < -0.4 is 15.5 Å². The molecular formula is C19H20N6O2. The van der Waals surface area contributed by atoms with E-state index in [1.165, 1.54) is 11.8 Å². The van der Waals surface area contributed by atoms with Crippen molar-refractivity contribution in [1.82, 2.24) is 9.97 Å². The van der Waals surface area contributed by atoms with Crippen LogP contribution in [0.4, 0.5) is 23.1 Å². The molecule has 1 aromatic heterocycles. The third kappa shape index (κ3) is 3.72. The summed E-state index contributed by atoms with van der Waals surface area (Å²) in [7, 11) is 0. The van der Waals surface area contributed by atoms with Gasteiger partial charge in [0, 0.05) is 31.0 Å². The van der Waals surface area contributed by atoms with E-state index in [2.05, 4.69) is 26.7 Å². The van der Waals surface area contributed by atoms with E-state index in [0.717, 1.165) is 0 Å². The van der Waals surface area contributed by atoms with Crippen molar-refractivity contribution in [2.24, 2.45) is 5.41 Å². The van der Waals surface area contributed by atoms with Gasteiger partial charge in [-0.05, 0) is 37.1 Å². The normalized spacial score (nSPS) is 18.9. The first-order valence-electron chi connectivity index (χ1n) is 8.68. The van der Waals surface area contributed by atoms with Gasteiger partial charge >= 0.3 is 0 Å². The Hall–Kier alpha value is -3.47. The molecule has 1 aliphatic heterocycles. The fraction of sp³-hybridized carbons (Fsp3) is 0.316. The number of carbonyl (C=O) groups excluding carboxylic acids is 2. The summed E-state index contributed by atoms with van der Waals surface area (Å²) in [5, 5.41) is 15.2. The summed E-state index contributed by atoms with van der Waals surface area (Å²) >= 11 is 0. The Morgan fingerprint density at radius 2 is 2.15 bits per heavy atom. The van der Waals surface area contributed by atoms with Crippen LogP contribution in [0.1, 0.15) is 26.7 Å². The van der Waals surface area contributed by atoms with Crippen LogP contribution >= 0.6 is 0 Å². The van der Waals surface area contributed by atoms with Crippen molar-refractivity contribution in [3.63, 3.8) is 0 Å². The van der Waals surface area contributed by atoms with Crippen LogP contribution in [0.25, 0.3) is 0 Å². The maximum absolute atomic E-state index is 12.7. The Morgan fingerprint density at radius 1 is 1.37 bits per heavy atom. The molecule has 2 N–H and O–H groups in total. The molecule has 27 heavy (non-hydrogen) atoms. The van der Waals surface area contributed by atoms with E-state index < -0.39 is 5.41 Å². The number of anilines is 4. The van der Waals surface area contributed by atoms with Crippen LogP contribution in [0.3, 0.4) is 0 Å². The molecular weight excluding hydrogens is 344 g/mol. The third-order valence-corrected chi connectivity index (χ3v) is 4.59. The van der Waals surface area contributed by atoms with Gasteiger partial charge < -0.3 is 10.6 Å². The topological polar surface area (TPSA) is 111 Å². The summed E-state index contributed by atoms with van der Waals surface area (Å²) in [5.41, 5.74) is 0.386. The number of benzene rings is 1. The van der Waals surface area contributed by atoms with Crippen molar-refractivity contribution < 1.29 is 9.59 Å². The molecule has 0 aliphatic carbocycles. The molecule has 8 nitrogen and oxygen atoms in total. The average molecular weight is 364 g/mol. The van der Waals surface area contributed by atoms with Crippen molar-refractivity contribution in [3.8, 4) is 6.07 Å². The standard InChI is InChI=1S/C19H20N6O2/c1-3-19(12-20)8-10-25(17(19)27)16-7-9-21-18(24-16)23-15-6-4-5-14(11-15)22-13(2)26/h4-7,9,11H,3,8,10H2,1-2H3,(H,22,26)(H,21,23,24). The molecule has 1 atom stereocenters. The molecule has 2 heterocycles. The van der Waals surface area contributed by atoms with Gasteiger partial charge in [0.1, 0.15) is 11.2 Å². The van der Waals surface area contributed by atoms with E-state index in [4.69, 9.17) is 0 Å². The van der Waals surface area contributed by atoms with Gasteiger partial charge in [-0.2, -0.15) is 10.2 Å². The van der Waals surface area contributed by atoms with Crippen molar-refractivity contribution in [2.45, 2.75) is 26.7 Å². The number of hydrogen-bond donors (Lipinski definition) is 2. The summed E-state index contributed by atoms with van der Waals surface area (Å²) in [5.74, 6) is 0.409. The molecule has 8 heteroatoms. The van der Waals surface area contributed by atoms with Gasteiger partial charge in [0.05, 0.1) is 6.07 Å². The van der Waals surface area contributed by atoms with E-state index in [0.29, 0.717) is 42.5 Å². The van der Waals surface area contributed by atoms with Crippen LogP contribution in [-0.4, -0.2) is 28.3 Å². The van der Waals surface area contributed by atoms with Crippen LogP contribution in [0.15, 0.2) is 36.5 Å². The van der Waals surface area contributed by atoms with Crippen LogP contribution in [0.5, 0.6) is 0 Å². The molecule has 1 aromatic carbocycles. The second kappa shape index (κ2) is 7.41. The smallest absolute Gasteiger partial charge is 0.248 e. The number of nitrogens with zero attached hydrogens (tertiary/aromatic N) is 4. The van der Waals surface area contributed by atoms with Crippen molar-refractivity contribution in [1.29, 1.82) is 5.26 Å². The Balaban J connectivity index is 1.80. The van der Waals surface area contributed by atoms with Gasteiger partial charge in [-0.15, -0.1) is 0 Å². The quantitative estimate of drug-likeness (QED) is 0.844. The minimum absolute atomic E-state index is 0.158. The van der Waals surface area contributed by atoms with Gasteiger partial charge in [0.15, 0.2) is 0 Å². The lowest BCUT2D eigenvalue weighted by molar-refractivity contribution is -0.123. The van der Waals surface area contributed by atoms with Gasteiger partial charge in [-0.25, -0.2) is 4.98 Å². The second-order valence-corrected chi connectivity index (χ2v) is 6.38. The lowest BCUT2D eigenvalue weighted by Crippen LogP contribution is -2.33. The first-order chi connectivity index (χ1) is 13.0. The maximum atomic E-state index is 12.7. The Kier molecular flexibility index (Phi) is 5.03. The number of aromatic nitrogens is 2. The molecule has 0 spiro atoms. The zero-order valence-corrected chi connectivity index (χ0v) is 15.2. The molecule has 1 fully saturated rings. The van der Waals surface area contributed by atoms with Gasteiger partial charge in [0.2, 0.25) is 17.8 Å². The average Bonchev–Trinajstić information content (AvgIpc) is 2.98. The van der Waals surface area contributed by atoms with E-state index in [1.54, 1.807) is 30.5 Å². The van der Waals surface area contributed by atoms with Crippen LogP contribution in [0.2, 0.25) is 0 Å². The van der Waals surface area contributed by atoms with Crippen LogP contribution in [-0.2, 0) is 9.59 Å². The minimum atomic E-state index is -0.967. The monoisotopic (exact) mass is 364 g/mol. The van der Waals surface area contributed by atoms with Crippen molar-refractivity contribution in [3.05, 3.63) is 36.5 Å². The predicted octanol–water partition coefficient (Wildman–Crippen LogP) is 2.84. The fourth-order valence-corrected chi connectivity index (χ4v) is 3.07. The lowest BCUT2D eigenvalue weighted by Gasteiger charge is -2.19. The highest BCUT2D eigenvalue weighted by Gasteiger charge is 2.46. The highest BCUT2D eigenvalue weighted by atomic mass is 16.2. The Morgan fingerprint density at radius 3 is 2.81 bits per heavy atom. The first-order valence-corrected chi connectivity index (χ1v) is 8.68. The minimum Gasteiger partial charge on any atom is -0.326 e. The molecule has 1 saturated heterocycles. The van der Waals surface area contributed by atoms with E-state index in [-0.39, 0.29) is 11.8 Å². The lowest BCUT2D eigenvalue weighted by atomic mass is 9.85. The predicted molar refractivity (Wildman–Crippen MR) is 101 cm³/mol. The number of carbonyl (C=O) groups is 2. The largest absolute Gasteiger partial charge is 0.326 e. The Labute approximate surface area is 157 Å². The van der Waals surface area contributed by atoms with Crippen molar-refractivity contribution >= 4 is 35.0 Å². The second-order valence-electron chi connectivity index (χ2n) is 6.38.